The lowest BCUT2D eigenvalue weighted by atomic mass is 10.1. The number of aryl methyl sites for hydroxylation is 1. The average molecular weight is 208 g/mol. The minimum atomic E-state index is -1.00. The molecular weight excluding hydrogens is 199 g/mol. The molecule has 0 amide bonds. The zero-order chi connectivity index (χ0) is 11.0. The third kappa shape index (κ3) is 1.70. The Kier molecular flexibility index (Phi) is 2.19. The number of aliphatic carboxylic acids is 1. The molecule has 1 aromatic carbocycles. The number of carbonyl (C=O) groups is 1. The number of carboxylic acid groups (broad SMARTS) is 1. The van der Waals surface area contributed by atoms with E-state index in [9.17, 15) is 9.18 Å². The number of rotatable bonds is 2. The molecule has 78 valence electrons. The lowest BCUT2D eigenvalue weighted by Gasteiger charge is -1.97. The smallest absolute Gasteiger partial charge is 0.307 e. The Morgan fingerprint density at radius 3 is 2.93 bits per heavy atom. The van der Waals surface area contributed by atoms with E-state index in [0.717, 1.165) is 5.56 Å². The van der Waals surface area contributed by atoms with Gasteiger partial charge in [0.05, 0.1) is 18.1 Å². The van der Waals surface area contributed by atoms with Gasteiger partial charge < -0.3 is 9.52 Å². The molecule has 0 atom stereocenters. The molecule has 3 nitrogen and oxygen atoms in total. The Balaban J connectivity index is 2.63. The zero-order valence-electron chi connectivity index (χ0n) is 8.08. The summed E-state index contributed by atoms with van der Waals surface area (Å²) in [6.45, 7) is 1.75. The molecular formula is C11H9FO3. The first kappa shape index (κ1) is 9.71. The van der Waals surface area contributed by atoms with Crippen LogP contribution in [0.5, 0.6) is 0 Å². The standard InChI is InChI=1S/C11H9FO3/c1-6-2-8(12)11-7(4-10(13)14)5-15-9(11)3-6/h2-3,5H,4H2,1H3,(H,13,14). The molecule has 0 aliphatic rings. The van der Waals surface area contributed by atoms with Crippen molar-refractivity contribution in [2.45, 2.75) is 13.3 Å². The number of fused-ring (bicyclic) bond motifs is 1. The van der Waals surface area contributed by atoms with E-state index in [2.05, 4.69) is 0 Å². The third-order valence-corrected chi connectivity index (χ3v) is 2.19. The quantitative estimate of drug-likeness (QED) is 0.824. The summed E-state index contributed by atoms with van der Waals surface area (Å²) < 4.78 is 18.6. The summed E-state index contributed by atoms with van der Waals surface area (Å²) in [5.74, 6) is -1.44. The third-order valence-electron chi connectivity index (χ3n) is 2.19. The van der Waals surface area contributed by atoms with Gasteiger partial charge in [-0.1, -0.05) is 0 Å². The molecule has 0 aliphatic heterocycles. The number of benzene rings is 1. The largest absolute Gasteiger partial charge is 0.481 e. The van der Waals surface area contributed by atoms with Gasteiger partial charge in [0.2, 0.25) is 0 Å². The van der Waals surface area contributed by atoms with Crippen LogP contribution in [-0.2, 0) is 11.2 Å². The lowest BCUT2D eigenvalue weighted by Crippen LogP contribution is -1.99. The average Bonchev–Trinajstić information content (AvgIpc) is 2.46. The highest BCUT2D eigenvalue weighted by molar-refractivity contribution is 5.86. The van der Waals surface area contributed by atoms with E-state index < -0.39 is 11.8 Å². The molecule has 0 saturated heterocycles. The maximum absolute atomic E-state index is 13.5. The molecule has 0 aliphatic carbocycles. The minimum absolute atomic E-state index is 0.229. The van der Waals surface area contributed by atoms with Crippen molar-refractivity contribution in [2.24, 2.45) is 0 Å². The van der Waals surface area contributed by atoms with Crippen LogP contribution in [0, 0.1) is 12.7 Å². The van der Waals surface area contributed by atoms with Crippen molar-refractivity contribution in [2.75, 3.05) is 0 Å². The Morgan fingerprint density at radius 1 is 1.53 bits per heavy atom. The summed E-state index contributed by atoms with van der Waals surface area (Å²) in [6, 6.07) is 3.05. The molecule has 0 radical (unpaired) electrons. The number of hydrogen-bond donors (Lipinski definition) is 1. The van der Waals surface area contributed by atoms with Crippen molar-refractivity contribution >= 4 is 16.9 Å². The maximum Gasteiger partial charge on any atom is 0.307 e. The summed E-state index contributed by atoms with van der Waals surface area (Å²) in [5, 5.41) is 8.89. The molecule has 2 aromatic rings. The van der Waals surface area contributed by atoms with Crippen LogP contribution in [-0.4, -0.2) is 11.1 Å². The zero-order valence-corrected chi connectivity index (χ0v) is 8.08. The van der Waals surface area contributed by atoms with Gasteiger partial charge in [0.25, 0.3) is 0 Å². The first-order valence-corrected chi connectivity index (χ1v) is 4.46. The second-order valence-corrected chi connectivity index (χ2v) is 3.45. The molecule has 1 heterocycles. The Labute approximate surface area is 85.1 Å². The molecule has 0 saturated carbocycles. The highest BCUT2D eigenvalue weighted by Crippen LogP contribution is 2.25. The molecule has 4 heteroatoms. The SMILES string of the molecule is Cc1cc(F)c2c(CC(=O)O)coc2c1. The van der Waals surface area contributed by atoms with E-state index in [1.165, 1.54) is 12.3 Å². The van der Waals surface area contributed by atoms with Crippen molar-refractivity contribution < 1.29 is 18.7 Å². The lowest BCUT2D eigenvalue weighted by molar-refractivity contribution is -0.136. The Morgan fingerprint density at radius 2 is 2.27 bits per heavy atom. The van der Waals surface area contributed by atoms with E-state index in [4.69, 9.17) is 9.52 Å². The molecule has 1 N–H and O–H groups in total. The number of hydrogen-bond acceptors (Lipinski definition) is 2. The van der Waals surface area contributed by atoms with Gasteiger partial charge >= 0.3 is 5.97 Å². The predicted octanol–water partition coefficient (Wildman–Crippen LogP) is 2.51. The van der Waals surface area contributed by atoms with Crippen LogP contribution in [0.4, 0.5) is 4.39 Å². The molecule has 2 rings (SSSR count). The van der Waals surface area contributed by atoms with Gasteiger partial charge in [-0.15, -0.1) is 0 Å². The van der Waals surface area contributed by atoms with Crippen LogP contribution in [0.1, 0.15) is 11.1 Å². The molecule has 0 bridgehead atoms. The molecule has 0 unspecified atom stereocenters. The number of halogens is 1. The monoisotopic (exact) mass is 208 g/mol. The van der Waals surface area contributed by atoms with Crippen LogP contribution in [0.25, 0.3) is 11.0 Å². The molecule has 1 aromatic heterocycles. The summed E-state index contributed by atoms with van der Waals surface area (Å²) in [4.78, 5) is 10.5. The van der Waals surface area contributed by atoms with E-state index in [0.29, 0.717) is 11.1 Å². The van der Waals surface area contributed by atoms with Gasteiger partial charge in [-0.05, 0) is 24.6 Å². The second-order valence-electron chi connectivity index (χ2n) is 3.45. The van der Waals surface area contributed by atoms with Crippen molar-refractivity contribution in [1.82, 2.24) is 0 Å². The first-order chi connectivity index (χ1) is 7.08. The van der Waals surface area contributed by atoms with Crippen LogP contribution in [0.15, 0.2) is 22.8 Å². The fraction of sp³-hybridized carbons (Fsp3) is 0.182. The van der Waals surface area contributed by atoms with E-state index in [1.807, 2.05) is 0 Å². The van der Waals surface area contributed by atoms with Crippen molar-refractivity contribution in [1.29, 1.82) is 0 Å². The maximum atomic E-state index is 13.5. The van der Waals surface area contributed by atoms with E-state index >= 15 is 0 Å². The second kappa shape index (κ2) is 3.38. The highest BCUT2D eigenvalue weighted by Gasteiger charge is 2.13. The van der Waals surface area contributed by atoms with Gasteiger partial charge in [0, 0.05) is 5.56 Å². The van der Waals surface area contributed by atoms with Gasteiger partial charge in [-0.25, -0.2) is 4.39 Å². The summed E-state index contributed by atoms with van der Waals surface area (Å²) in [6.07, 6.45) is 1.06. The number of furan rings is 1. The van der Waals surface area contributed by atoms with Gasteiger partial charge in [-0.3, -0.25) is 4.79 Å². The summed E-state index contributed by atoms with van der Waals surface area (Å²) in [7, 11) is 0. The normalized spacial score (nSPS) is 10.8. The van der Waals surface area contributed by atoms with Gasteiger partial charge in [-0.2, -0.15) is 0 Å². The van der Waals surface area contributed by atoms with Crippen LogP contribution < -0.4 is 0 Å². The fourth-order valence-electron chi connectivity index (χ4n) is 1.60. The summed E-state index contributed by atoms with van der Waals surface area (Å²) >= 11 is 0. The Bertz CT molecular complexity index is 528. The van der Waals surface area contributed by atoms with Crippen molar-refractivity contribution in [3.63, 3.8) is 0 Å². The van der Waals surface area contributed by atoms with E-state index in [-0.39, 0.29) is 11.8 Å². The Hall–Kier alpha value is -1.84. The number of carboxylic acids is 1. The minimum Gasteiger partial charge on any atom is -0.481 e. The predicted molar refractivity (Wildman–Crippen MR) is 52.2 cm³/mol. The van der Waals surface area contributed by atoms with Crippen LogP contribution >= 0.6 is 0 Å². The summed E-state index contributed by atoms with van der Waals surface area (Å²) in [5.41, 5.74) is 1.51. The van der Waals surface area contributed by atoms with E-state index in [1.54, 1.807) is 13.0 Å². The fourth-order valence-corrected chi connectivity index (χ4v) is 1.60. The van der Waals surface area contributed by atoms with Gasteiger partial charge in [0.15, 0.2) is 0 Å². The topological polar surface area (TPSA) is 50.4 Å². The van der Waals surface area contributed by atoms with Gasteiger partial charge in [0.1, 0.15) is 11.4 Å². The highest BCUT2D eigenvalue weighted by atomic mass is 19.1. The van der Waals surface area contributed by atoms with Crippen LogP contribution in [0.2, 0.25) is 0 Å². The van der Waals surface area contributed by atoms with Crippen LogP contribution in [0.3, 0.4) is 0 Å². The van der Waals surface area contributed by atoms with Crippen molar-refractivity contribution in [3.05, 3.63) is 35.3 Å². The van der Waals surface area contributed by atoms with Crippen molar-refractivity contribution in [3.8, 4) is 0 Å². The molecule has 15 heavy (non-hydrogen) atoms. The first-order valence-electron chi connectivity index (χ1n) is 4.46. The molecule has 0 spiro atoms. The molecule has 0 fully saturated rings.